The van der Waals surface area contributed by atoms with Gasteiger partial charge in [0, 0.05) is 6.04 Å². The molecule has 2 aliphatic rings. The molecule has 0 radical (unpaired) electrons. The average Bonchev–Trinajstić information content (AvgIpc) is 2.14. The molecule has 2 saturated heterocycles. The van der Waals surface area contributed by atoms with Crippen LogP contribution in [0.4, 0.5) is 0 Å². The van der Waals surface area contributed by atoms with E-state index in [1.165, 1.54) is 38.8 Å². The lowest BCUT2D eigenvalue weighted by Gasteiger charge is -2.35. The van der Waals surface area contributed by atoms with Crippen LogP contribution in [0.5, 0.6) is 0 Å². The highest BCUT2D eigenvalue weighted by Gasteiger charge is 2.23. The lowest BCUT2D eigenvalue weighted by atomic mass is 10.0. The van der Waals surface area contributed by atoms with Gasteiger partial charge in [-0.3, -0.25) is 4.90 Å². The third-order valence-electron chi connectivity index (χ3n) is 3.49. The summed E-state index contributed by atoms with van der Waals surface area (Å²) in [4.78, 5) is 2.44. The molecule has 82 valence electrons. The van der Waals surface area contributed by atoms with Gasteiger partial charge in [-0.2, -0.15) is 0 Å². The van der Waals surface area contributed by atoms with Gasteiger partial charge in [-0.1, -0.05) is 6.42 Å². The van der Waals surface area contributed by atoms with Crippen molar-refractivity contribution in [2.24, 2.45) is 0 Å². The fourth-order valence-electron chi connectivity index (χ4n) is 2.19. The van der Waals surface area contributed by atoms with Crippen molar-refractivity contribution >= 4 is 0 Å². The number of hydrogen-bond acceptors (Lipinski definition) is 3. The highest BCUT2D eigenvalue weighted by atomic mass is 16.5. The normalized spacial score (nSPS) is 29.1. The molecule has 2 aliphatic heterocycles. The second-order valence-corrected chi connectivity index (χ2v) is 4.61. The topological polar surface area (TPSA) is 24.5 Å². The van der Waals surface area contributed by atoms with Gasteiger partial charge >= 0.3 is 0 Å². The number of likely N-dealkylation sites (N-methyl/N-ethyl adjacent to an activating group) is 1. The Hall–Kier alpha value is -0.120. The van der Waals surface area contributed by atoms with Crippen molar-refractivity contribution in [2.45, 2.75) is 37.8 Å². The summed E-state index contributed by atoms with van der Waals surface area (Å²) < 4.78 is 5.19. The minimum atomic E-state index is 0.693. The first kappa shape index (κ1) is 10.4. The van der Waals surface area contributed by atoms with E-state index < -0.39 is 0 Å². The van der Waals surface area contributed by atoms with E-state index in [2.05, 4.69) is 17.3 Å². The van der Waals surface area contributed by atoms with Crippen LogP contribution in [0.3, 0.4) is 0 Å². The molecular weight excluding hydrogens is 176 g/mol. The van der Waals surface area contributed by atoms with Gasteiger partial charge in [0.1, 0.15) is 0 Å². The second-order valence-electron chi connectivity index (χ2n) is 4.61. The summed E-state index contributed by atoms with van der Waals surface area (Å²) in [5.74, 6) is 0. The maximum absolute atomic E-state index is 5.19. The summed E-state index contributed by atoms with van der Waals surface area (Å²) in [6.07, 6.45) is 5.44. The van der Waals surface area contributed by atoms with Crippen LogP contribution in [0.2, 0.25) is 0 Å². The van der Waals surface area contributed by atoms with Crippen LogP contribution in [0.25, 0.3) is 0 Å². The van der Waals surface area contributed by atoms with E-state index in [0.29, 0.717) is 6.04 Å². The van der Waals surface area contributed by atoms with Crippen molar-refractivity contribution in [2.75, 3.05) is 33.4 Å². The highest BCUT2D eigenvalue weighted by Crippen LogP contribution is 2.13. The first-order valence-electron chi connectivity index (χ1n) is 5.87. The standard InChI is InChI=1S/C11H22N2O/c1-13(11-8-14-9-11)7-5-10-4-2-3-6-12-10/h10-12H,2-9H2,1H3. The number of piperidine rings is 1. The Labute approximate surface area is 86.8 Å². The number of nitrogens with zero attached hydrogens (tertiary/aromatic N) is 1. The predicted molar refractivity (Wildman–Crippen MR) is 57.5 cm³/mol. The lowest BCUT2D eigenvalue weighted by molar-refractivity contribution is -0.0568. The summed E-state index contributed by atoms with van der Waals surface area (Å²) in [5.41, 5.74) is 0. The molecule has 0 aliphatic carbocycles. The first-order chi connectivity index (χ1) is 6.86. The Bertz CT molecular complexity index is 163. The molecule has 1 atom stereocenters. The van der Waals surface area contributed by atoms with Gasteiger partial charge in [0.15, 0.2) is 0 Å². The summed E-state index contributed by atoms with van der Waals surface area (Å²) in [6, 6.07) is 1.46. The largest absolute Gasteiger partial charge is 0.378 e. The molecule has 3 heteroatoms. The molecule has 3 nitrogen and oxygen atoms in total. The molecule has 2 heterocycles. The zero-order valence-electron chi connectivity index (χ0n) is 9.17. The molecule has 0 spiro atoms. The van der Waals surface area contributed by atoms with Gasteiger partial charge in [0.2, 0.25) is 0 Å². The molecule has 1 N–H and O–H groups in total. The summed E-state index contributed by atoms with van der Waals surface area (Å²) in [6.45, 7) is 4.32. The number of hydrogen-bond donors (Lipinski definition) is 1. The fourth-order valence-corrected chi connectivity index (χ4v) is 2.19. The lowest BCUT2D eigenvalue weighted by Crippen LogP contribution is -2.48. The minimum absolute atomic E-state index is 0.693. The SMILES string of the molecule is CN(CCC1CCCCN1)C1COC1. The van der Waals surface area contributed by atoms with Crippen molar-refractivity contribution in [1.82, 2.24) is 10.2 Å². The predicted octanol–water partition coefficient (Wildman–Crippen LogP) is 0.849. The van der Waals surface area contributed by atoms with Crippen LogP contribution in [0.1, 0.15) is 25.7 Å². The van der Waals surface area contributed by atoms with Gasteiger partial charge in [-0.25, -0.2) is 0 Å². The first-order valence-corrected chi connectivity index (χ1v) is 5.87. The molecule has 14 heavy (non-hydrogen) atoms. The third-order valence-corrected chi connectivity index (χ3v) is 3.49. The van der Waals surface area contributed by atoms with E-state index in [-0.39, 0.29) is 0 Å². The molecule has 0 saturated carbocycles. The maximum Gasteiger partial charge on any atom is 0.0645 e. The van der Waals surface area contributed by atoms with E-state index in [1.807, 2.05) is 0 Å². The summed E-state index contributed by atoms with van der Waals surface area (Å²) in [7, 11) is 2.22. The van der Waals surface area contributed by atoms with Gasteiger partial charge in [-0.15, -0.1) is 0 Å². The van der Waals surface area contributed by atoms with Crippen LogP contribution < -0.4 is 5.32 Å². The Morgan fingerprint density at radius 2 is 2.21 bits per heavy atom. The van der Waals surface area contributed by atoms with E-state index in [0.717, 1.165) is 19.3 Å². The quantitative estimate of drug-likeness (QED) is 0.725. The Kier molecular flexibility index (Phi) is 3.79. The molecule has 1 unspecified atom stereocenters. The van der Waals surface area contributed by atoms with Crippen LogP contribution >= 0.6 is 0 Å². The monoisotopic (exact) mass is 198 g/mol. The van der Waals surface area contributed by atoms with Crippen molar-refractivity contribution in [3.63, 3.8) is 0 Å². The fraction of sp³-hybridized carbons (Fsp3) is 1.00. The van der Waals surface area contributed by atoms with E-state index >= 15 is 0 Å². The van der Waals surface area contributed by atoms with Crippen LogP contribution in [0.15, 0.2) is 0 Å². The van der Waals surface area contributed by atoms with Crippen LogP contribution in [-0.4, -0.2) is 50.3 Å². The average molecular weight is 198 g/mol. The smallest absolute Gasteiger partial charge is 0.0645 e. The molecule has 0 aromatic heterocycles. The van der Waals surface area contributed by atoms with E-state index in [9.17, 15) is 0 Å². The molecule has 0 aromatic rings. The second kappa shape index (κ2) is 5.10. The molecule has 2 fully saturated rings. The highest BCUT2D eigenvalue weighted by molar-refractivity contribution is 4.78. The van der Waals surface area contributed by atoms with Gasteiger partial charge < -0.3 is 10.1 Å². The van der Waals surface area contributed by atoms with Crippen molar-refractivity contribution in [3.05, 3.63) is 0 Å². The van der Waals surface area contributed by atoms with Crippen LogP contribution in [-0.2, 0) is 4.74 Å². The van der Waals surface area contributed by atoms with Gasteiger partial charge in [-0.05, 0) is 39.4 Å². The molecule has 0 bridgehead atoms. The molecular formula is C11H22N2O. The van der Waals surface area contributed by atoms with Crippen molar-refractivity contribution < 1.29 is 4.74 Å². The zero-order valence-corrected chi connectivity index (χ0v) is 9.17. The van der Waals surface area contributed by atoms with Crippen LogP contribution in [0, 0.1) is 0 Å². The molecule has 2 rings (SSSR count). The summed E-state index contributed by atoms with van der Waals surface area (Å²) >= 11 is 0. The summed E-state index contributed by atoms with van der Waals surface area (Å²) in [5, 5.41) is 3.59. The van der Waals surface area contributed by atoms with Gasteiger partial charge in [0.25, 0.3) is 0 Å². The van der Waals surface area contributed by atoms with Crippen molar-refractivity contribution in [1.29, 1.82) is 0 Å². The van der Waals surface area contributed by atoms with Gasteiger partial charge in [0.05, 0.1) is 19.3 Å². The molecule has 0 amide bonds. The van der Waals surface area contributed by atoms with Crippen molar-refractivity contribution in [3.8, 4) is 0 Å². The minimum Gasteiger partial charge on any atom is -0.378 e. The zero-order chi connectivity index (χ0) is 9.80. The Morgan fingerprint density at radius 1 is 1.36 bits per heavy atom. The Balaban J connectivity index is 1.60. The van der Waals surface area contributed by atoms with E-state index in [1.54, 1.807) is 0 Å². The molecule has 0 aromatic carbocycles. The maximum atomic E-state index is 5.19. The number of rotatable bonds is 4. The Morgan fingerprint density at radius 3 is 2.79 bits per heavy atom. The number of ether oxygens (including phenoxy) is 1. The third kappa shape index (κ3) is 2.69. The van der Waals surface area contributed by atoms with E-state index in [4.69, 9.17) is 4.74 Å². The number of nitrogens with one attached hydrogen (secondary N) is 1.